The fraction of sp³-hybridized carbons (Fsp3) is 0.333. The highest BCUT2D eigenvalue weighted by Gasteiger charge is 2.10. The van der Waals surface area contributed by atoms with E-state index in [4.69, 9.17) is 4.74 Å². The highest BCUT2D eigenvalue weighted by molar-refractivity contribution is 9.11. The summed E-state index contributed by atoms with van der Waals surface area (Å²) in [5.74, 6) is -0.631. The molecule has 0 N–H and O–H groups in total. The molecule has 0 unspecified atom stereocenters. The van der Waals surface area contributed by atoms with E-state index in [1.807, 2.05) is 12.1 Å². The van der Waals surface area contributed by atoms with Gasteiger partial charge >= 0.3 is 5.97 Å². The number of rotatable bonds is 5. The topological polar surface area (TPSA) is 46.6 Å². The zero-order valence-corrected chi connectivity index (χ0v) is 12.6. The normalized spacial score (nSPS) is 10.6. The van der Waals surface area contributed by atoms with Gasteiger partial charge in [-0.05, 0) is 41.1 Å². The van der Waals surface area contributed by atoms with Crippen molar-refractivity contribution in [2.24, 2.45) is 0 Å². The van der Waals surface area contributed by atoms with Crippen LogP contribution in [0.5, 0.6) is 0 Å². The van der Waals surface area contributed by atoms with Crippen molar-refractivity contribution in [1.82, 2.24) is 4.90 Å². The van der Waals surface area contributed by atoms with E-state index in [1.165, 1.54) is 22.3 Å². The van der Waals surface area contributed by atoms with Gasteiger partial charge in [0.15, 0.2) is 0 Å². The van der Waals surface area contributed by atoms with Crippen molar-refractivity contribution in [2.75, 3.05) is 20.2 Å². The number of halogens is 1. The van der Waals surface area contributed by atoms with Gasteiger partial charge in [-0.2, -0.15) is 0 Å². The first-order valence-corrected chi connectivity index (χ1v) is 6.98. The monoisotopic (exact) mass is 331 g/mol. The first-order valence-electron chi connectivity index (χ1n) is 5.37. The second-order valence-electron chi connectivity index (χ2n) is 3.47. The van der Waals surface area contributed by atoms with E-state index in [9.17, 15) is 9.59 Å². The van der Waals surface area contributed by atoms with E-state index in [-0.39, 0.29) is 12.5 Å². The molecule has 0 aliphatic heterocycles. The highest BCUT2D eigenvalue weighted by atomic mass is 79.9. The van der Waals surface area contributed by atoms with E-state index >= 15 is 0 Å². The maximum absolute atomic E-state index is 11.7. The van der Waals surface area contributed by atoms with Gasteiger partial charge in [-0.1, -0.05) is 0 Å². The van der Waals surface area contributed by atoms with E-state index in [2.05, 4.69) is 15.9 Å². The van der Waals surface area contributed by atoms with Gasteiger partial charge in [0.25, 0.3) is 0 Å². The van der Waals surface area contributed by atoms with Gasteiger partial charge in [-0.25, -0.2) is 0 Å². The molecule has 18 heavy (non-hydrogen) atoms. The van der Waals surface area contributed by atoms with Crippen molar-refractivity contribution in [2.45, 2.75) is 6.92 Å². The van der Waals surface area contributed by atoms with Gasteiger partial charge in [-0.3, -0.25) is 9.59 Å². The lowest BCUT2D eigenvalue weighted by Gasteiger charge is -2.13. The maximum atomic E-state index is 11.7. The first kappa shape index (κ1) is 14.9. The summed E-state index contributed by atoms with van der Waals surface area (Å²) in [6, 6.07) is 3.82. The molecule has 0 saturated carbocycles. The number of carbonyl (C=O) groups is 2. The number of nitrogens with zero attached hydrogens (tertiary/aromatic N) is 1. The second kappa shape index (κ2) is 7.33. The molecule has 0 radical (unpaired) electrons. The number of carbonyl (C=O) groups excluding carboxylic acids is 2. The van der Waals surface area contributed by atoms with Crippen LogP contribution >= 0.6 is 27.3 Å². The zero-order valence-electron chi connectivity index (χ0n) is 10.2. The molecule has 0 spiro atoms. The SMILES string of the molecule is CCOC(=O)CN(C)C(=O)C=Cc1ccc(Br)s1. The third kappa shape index (κ3) is 5.01. The average molecular weight is 332 g/mol. The molecule has 0 aliphatic carbocycles. The molecule has 1 aromatic rings. The van der Waals surface area contributed by atoms with Crippen molar-refractivity contribution in [3.8, 4) is 0 Å². The number of amides is 1. The predicted molar refractivity (Wildman–Crippen MR) is 75.3 cm³/mol. The Morgan fingerprint density at radius 1 is 1.50 bits per heavy atom. The maximum Gasteiger partial charge on any atom is 0.325 e. The van der Waals surface area contributed by atoms with Gasteiger partial charge in [0.2, 0.25) is 5.91 Å². The van der Waals surface area contributed by atoms with Crippen LogP contribution in [0.4, 0.5) is 0 Å². The number of thiophene rings is 1. The van der Waals surface area contributed by atoms with E-state index in [0.29, 0.717) is 6.61 Å². The third-order valence-corrected chi connectivity index (χ3v) is 3.62. The van der Waals surface area contributed by atoms with Crippen molar-refractivity contribution in [3.05, 3.63) is 26.9 Å². The van der Waals surface area contributed by atoms with Crippen LogP contribution in [0, 0.1) is 0 Å². The van der Waals surface area contributed by atoms with E-state index < -0.39 is 5.97 Å². The molecule has 98 valence electrons. The van der Waals surface area contributed by atoms with Crippen LogP contribution in [0.15, 0.2) is 22.0 Å². The van der Waals surface area contributed by atoms with E-state index in [1.54, 1.807) is 20.0 Å². The van der Waals surface area contributed by atoms with Gasteiger partial charge in [0.05, 0.1) is 10.4 Å². The summed E-state index contributed by atoms with van der Waals surface area (Å²) in [5.41, 5.74) is 0. The van der Waals surface area contributed by atoms with E-state index in [0.717, 1.165) is 8.66 Å². The molecule has 0 saturated heterocycles. The number of ether oxygens (including phenoxy) is 1. The standard InChI is InChI=1S/C12H14BrNO3S/c1-3-17-12(16)8-14(2)11(15)7-5-9-4-6-10(13)18-9/h4-7H,3,8H2,1-2H3. The smallest absolute Gasteiger partial charge is 0.325 e. The zero-order chi connectivity index (χ0) is 13.5. The molecule has 4 nitrogen and oxygen atoms in total. The van der Waals surface area contributed by atoms with Crippen LogP contribution in [0.1, 0.15) is 11.8 Å². The Kier molecular flexibility index (Phi) is 6.07. The molecule has 0 aromatic carbocycles. The van der Waals surface area contributed by atoms with Crippen molar-refractivity contribution < 1.29 is 14.3 Å². The Morgan fingerprint density at radius 2 is 2.22 bits per heavy atom. The minimum atomic E-state index is -0.402. The molecule has 0 aliphatic rings. The third-order valence-electron chi connectivity index (χ3n) is 2.03. The Labute approximate surface area is 118 Å². The molecule has 0 fully saturated rings. The van der Waals surface area contributed by atoms with Crippen LogP contribution in [0.2, 0.25) is 0 Å². The fourth-order valence-electron chi connectivity index (χ4n) is 1.18. The summed E-state index contributed by atoms with van der Waals surface area (Å²) in [4.78, 5) is 25.2. The molecular weight excluding hydrogens is 318 g/mol. The van der Waals surface area contributed by atoms with Crippen LogP contribution in [0.25, 0.3) is 6.08 Å². The fourth-order valence-corrected chi connectivity index (χ4v) is 2.50. The summed E-state index contributed by atoms with van der Waals surface area (Å²) in [6.07, 6.45) is 3.16. The van der Waals surface area contributed by atoms with Crippen LogP contribution in [-0.4, -0.2) is 37.0 Å². The summed E-state index contributed by atoms with van der Waals surface area (Å²) >= 11 is 4.88. The lowest BCUT2D eigenvalue weighted by molar-refractivity contribution is -0.146. The lowest BCUT2D eigenvalue weighted by Crippen LogP contribution is -2.31. The van der Waals surface area contributed by atoms with Gasteiger partial charge < -0.3 is 9.64 Å². The molecule has 1 heterocycles. The Bertz CT molecular complexity index is 456. The van der Waals surface area contributed by atoms with Gasteiger partial charge in [0.1, 0.15) is 6.54 Å². The van der Waals surface area contributed by atoms with Gasteiger partial charge in [-0.15, -0.1) is 11.3 Å². The predicted octanol–water partition coefficient (Wildman–Crippen LogP) is 2.55. The number of esters is 1. The minimum Gasteiger partial charge on any atom is -0.465 e. The molecule has 0 bridgehead atoms. The van der Waals surface area contributed by atoms with Crippen molar-refractivity contribution in [3.63, 3.8) is 0 Å². The first-order chi connectivity index (χ1) is 8.52. The molecule has 1 aromatic heterocycles. The number of likely N-dealkylation sites (N-methyl/N-ethyl adjacent to an activating group) is 1. The van der Waals surface area contributed by atoms with Gasteiger partial charge in [0, 0.05) is 18.0 Å². The van der Waals surface area contributed by atoms with Crippen molar-refractivity contribution in [1.29, 1.82) is 0 Å². The molecule has 0 atom stereocenters. The van der Waals surface area contributed by atoms with Crippen LogP contribution < -0.4 is 0 Å². The molecule has 1 amide bonds. The summed E-state index contributed by atoms with van der Waals surface area (Å²) in [7, 11) is 1.56. The number of hydrogen-bond acceptors (Lipinski definition) is 4. The Hall–Kier alpha value is -1.14. The Morgan fingerprint density at radius 3 is 2.78 bits per heavy atom. The summed E-state index contributed by atoms with van der Waals surface area (Å²) in [6.45, 7) is 2.01. The summed E-state index contributed by atoms with van der Waals surface area (Å²) < 4.78 is 5.78. The molecule has 1 rings (SSSR count). The van der Waals surface area contributed by atoms with Crippen LogP contribution in [0.3, 0.4) is 0 Å². The summed E-state index contributed by atoms with van der Waals surface area (Å²) in [5, 5.41) is 0. The molecule has 6 heteroatoms. The quantitative estimate of drug-likeness (QED) is 0.615. The number of hydrogen-bond donors (Lipinski definition) is 0. The minimum absolute atomic E-state index is 0.0366. The van der Waals surface area contributed by atoms with Crippen LogP contribution in [-0.2, 0) is 14.3 Å². The lowest BCUT2D eigenvalue weighted by atomic mass is 10.4. The second-order valence-corrected chi connectivity index (χ2v) is 5.97. The average Bonchev–Trinajstić information content (AvgIpc) is 2.72. The van der Waals surface area contributed by atoms with Crippen molar-refractivity contribution >= 4 is 45.2 Å². The highest BCUT2D eigenvalue weighted by Crippen LogP contribution is 2.22. The largest absolute Gasteiger partial charge is 0.465 e. The Balaban J connectivity index is 2.49. The molecular formula is C12H14BrNO3S.